The van der Waals surface area contributed by atoms with E-state index in [1.165, 1.54) is 5.69 Å². The fraction of sp³-hybridized carbons (Fsp3) is 0.538. The molecule has 1 aliphatic heterocycles. The first-order chi connectivity index (χ1) is 7.79. The summed E-state index contributed by atoms with van der Waals surface area (Å²) in [5.74, 6) is 0. The third-order valence-electron chi connectivity index (χ3n) is 3.67. The lowest BCUT2D eigenvalue weighted by atomic mass is 9.88. The van der Waals surface area contributed by atoms with E-state index < -0.39 is 0 Å². The molecule has 1 aliphatic rings. The summed E-state index contributed by atoms with van der Waals surface area (Å²) < 4.78 is 0. The molecule has 0 saturated carbocycles. The minimum absolute atomic E-state index is 0.0642. The fourth-order valence-electron chi connectivity index (χ4n) is 2.32. The second-order valence-corrected chi connectivity index (χ2v) is 4.51. The molecule has 0 amide bonds. The van der Waals surface area contributed by atoms with E-state index in [1.807, 2.05) is 13.1 Å². The molecule has 0 spiro atoms. The minimum Gasteiger partial charge on any atom is -0.394 e. The lowest BCUT2D eigenvalue weighted by Gasteiger charge is -2.41. The Balaban J connectivity index is 2.00. The number of hydrogen-bond acceptors (Lipinski definition) is 3. The number of nitrogens with zero attached hydrogens (tertiary/aromatic N) is 1. The summed E-state index contributed by atoms with van der Waals surface area (Å²) in [7, 11) is 1.94. The normalized spacial score (nSPS) is 19.8. The van der Waals surface area contributed by atoms with E-state index in [-0.39, 0.29) is 12.1 Å². The number of hydrogen-bond donors (Lipinski definition) is 2. The summed E-state index contributed by atoms with van der Waals surface area (Å²) in [6.07, 6.45) is 1.99. The molecule has 0 aromatic heterocycles. The zero-order valence-corrected chi connectivity index (χ0v) is 9.82. The maximum Gasteiger partial charge on any atom is 0.0614 e. The average Bonchev–Trinajstić information content (AvgIpc) is 2.40. The summed E-state index contributed by atoms with van der Waals surface area (Å²) in [5, 5.41) is 12.7. The van der Waals surface area contributed by atoms with Crippen molar-refractivity contribution in [1.82, 2.24) is 5.32 Å². The number of rotatable bonds is 3. The molecule has 3 nitrogen and oxygen atoms in total. The molecule has 1 aromatic rings. The maximum atomic E-state index is 9.42. The Labute approximate surface area is 97.1 Å². The van der Waals surface area contributed by atoms with Gasteiger partial charge in [0.25, 0.3) is 0 Å². The molecule has 0 atom stereocenters. The first-order valence-electron chi connectivity index (χ1n) is 5.89. The molecule has 1 saturated heterocycles. The molecule has 88 valence electrons. The molecule has 1 fully saturated rings. The number of aliphatic hydroxyl groups excluding tert-OH is 1. The number of aliphatic hydroxyl groups is 1. The number of anilines is 1. The fourth-order valence-corrected chi connectivity index (χ4v) is 2.32. The van der Waals surface area contributed by atoms with E-state index in [2.05, 4.69) is 34.5 Å². The summed E-state index contributed by atoms with van der Waals surface area (Å²) in [6, 6.07) is 10.5. The number of para-hydroxylation sites is 1. The summed E-state index contributed by atoms with van der Waals surface area (Å²) >= 11 is 0. The van der Waals surface area contributed by atoms with Crippen molar-refractivity contribution in [2.75, 3.05) is 31.6 Å². The predicted molar refractivity (Wildman–Crippen MR) is 66.8 cm³/mol. The zero-order chi connectivity index (χ0) is 11.4. The van der Waals surface area contributed by atoms with Gasteiger partial charge in [-0.15, -0.1) is 0 Å². The highest BCUT2D eigenvalue weighted by Crippen LogP contribution is 2.25. The molecule has 16 heavy (non-hydrogen) atoms. The van der Waals surface area contributed by atoms with E-state index in [0.717, 1.165) is 25.9 Å². The molecule has 2 N–H and O–H groups in total. The second-order valence-electron chi connectivity index (χ2n) is 4.51. The predicted octanol–water partition coefficient (Wildman–Crippen LogP) is 1.24. The van der Waals surface area contributed by atoms with Crippen LogP contribution in [0.3, 0.4) is 0 Å². The van der Waals surface area contributed by atoms with Crippen LogP contribution < -0.4 is 10.2 Å². The molecular formula is C13H20N2O. The Kier molecular flexibility index (Phi) is 3.46. The van der Waals surface area contributed by atoms with Gasteiger partial charge in [0, 0.05) is 24.3 Å². The molecule has 2 rings (SSSR count). The highest BCUT2D eigenvalue weighted by atomic mass is 16.3. The first kappa shape index (κ1) is 11.4. The van der Waals surface area contributed by atoms with Crippen molar-refractivity contribution in [2.45, 2.75) is 18.4 Å². The van der Waals surface area contributed by atoms with E-state index in [9.17, 15) is 5.11 Å². The van der Waals surface area contributed by atoms with Crippen molar-refractivity contribution < 1.29 is 5.11 Å². The number of nitrogens with one attached hydrogen (secondary N) is 1. The zero-order valence-electron chi connectivity index (χ0n) is 9.82. The average molecular weight is 220 g/mol. The van der Waals surface area contributed by atoms with Crippen LogP contribution in [-0.4, -0.2) is 37.4 Å². The molecule has 1 aromatic carbocycles. The highest BCUT2D eigenvalue weighted by Gasteiger charge is 2.32. The SMILES string of the molecule is CNC1(CO)CCN(c2ccccc2)CC1. The van der Waals surface area contributed by atoms with Crippen LogP contribution in [0.4, 0.5) is 5.69 Å². The first-order valence-corrected chi connectivity index (χ1v) is 5.89. The molecular weight excluding hydrogens is 200 g/mol. The van der Waals surface area contributed by atoms with Crippen LogP contribution in [0, 0.1) is 0 Å². The van der Waals surface area contributed by atoms with Crippen molar-refractivity contribution in [1.29, 1.82) is 0 Å². The lowest BCUT2D eigenvalue weighted by Crippen LogP contribution is -2.54. The van der Waals surface area contributed by atoms with E-state index in [0.29, 0.717) is 0 Å². The van der Waals surface area contributed by atoms with Gasteiger partial charge in [-0.2, -0.15) is 0 Å². The van der Waals surface area contributed by atoms with Gasteiger partial charge in [0.05, 0.1) is 6.61 Å². The monoisotopic (exact) mass is 220 g/mol. The smallest absolute Gasteiger partial charge is 0.0614 e. The summed E-state index contributed by atoms with van der Waals surface area (Å²) in [5.41, 5.74) is 1.22. The lowest BCUT2D eigenvalue weighted by molar-refractivity contribution is 0.142. The van der Waals surface area contributed by atoms with Crippen molar-refractivity contribution in [3.8, 4) is 0 Å². The molecule has 0 radical (unpaired) electrons. The Morgan fingerprint density at radius 2 is 1.88 bits per heavy atom. The van der Waals surface area contributed by atoms with Crippen LogP contribution in [0.1, 0.15) is 12.8 Å². The van der Waals surface area contributed by atoms with E-state index in [1.54, 1.807) is 0 Å². The van der Waals surface area contributed by atoms with Gasteiger partial charge in [-0.05, 0) is 32.0 Å². The molecule has 1 heterocycles. The second kappa shape index (κ2) is 4.85. The third kappa shape index (κ3) is 2.20. The summed E-state index contributed by atoms with van der Waals surface area (Å²) in [4.78, 5) is 2.38. The largest absolute Gasteiger partial charge is 0.394 e. The van der Waals surface area contributed by atoms with Crippen LogP contribution in [0.15, 0.2) is 30.3 Å². The third-order valence-corrected chi connectivity index (χ3v) is 3.67. The Bertz CT molecular complexity index is 312. The minimum atomic E-state index is -0.0642. The van der Waals surface area contributed by atoms with Crippen LogP contribution in [0.25, 0.3) is 0 Å². The van der Waals surface area contributed by atoms with Crippen molar-refractivity contribution in [3.05, 3.63) is 30.3 Å². The highest BCUT2D eigenvalue weighted by molar-refractivity contribution is 5.46. The molecule has 3 heteroatoms. The van der Waals surface area contributed by atoms with Gasteiger partial charge in [0.1, 0.15) is 0 Å². The molecule has 0 aliphatic carbocycles. The Hall–Kier alpha value is -1.06. The van der Waals surface area contributed by atoms with Crippen LogP contribution in [0.2, 0.25) is 0 Å². The van der Waals surface area contributed by atoms with Gasteiger partial charge in [-0.25, -0.2) is 0 Å². The number of benzene rings is 1. The van der Waals surface area contributed by atoms with Crippen molar-refractivity contribution in [3.63, 3.8) is 0 Å². The van der Waals surface area contributed by atoms with Gasteiger partial charge in [0.2, 0.25) is 0 Å². The molecule has 0 bridgehead atoms. The van der Waals surface area contributed by atoms with Gasteiger partial charge < -0.3 is 15.3 Å². The topological polar surface area (TPSA) is 35.5 Å². The van der Waals surface area contributed by atoms with Crippen molar-refractivity contribution >= 4 is 5.69 Å². The van der Waals surface area contributed by atoms with Gasteiger partial charge in [-0.1, -0.05) is 18.2 Å². The Morgan fingerprint density at radius 3 is 2.38 bits per heavy atom. The van der Waals surface area contributed by atoms with Crippen LogP contribution in [0.5, 0.6) is 0 Å². The van der Waals surface area contributed by atoms with E-state index in [4.69, 9.17) is 0 Å². The summed E-state index contributed by atoms with van der Waals surface area (Å²) in [6.45, 7) is 2.24. The van der Waals surface area contributed by atoms with Crippen LogP contribution >= 0.6 is 0 Å². The van der Waals surface area contributed by atoms with E-state index >= 15 is 0 Å². The number of likely N-dealkylation sites (N-methyl/N-ethyl adjacent to an activating group) is 1. The quantitative estimate of drug-likeness (QED) is 0.804. The van der Waals surface area contributed by atoms with Gasteiger partial charge >= 0.3 is 0 Å². The van der Waals surface area contributed by atoms with Gasteiger partial charge in [0.15, 0.2) is 0 Å². The van der Waals surface area contributed by atoms with Gasteiger partial charge in [-0.3, -0.25) is 0 Å². The Morgan fingerprint density at radius 1 is 1.25 bits per heavy atom. The number of piperidine rings is 1. The maximum absolute atomic E-state index is 9.42. The van der Waals surface area contributed by atoms with Crippen molar-refractivity contribution in [2.24, 2.45) is 0 Å². The van der Waals surface area contributed by atoms with Crippen LogP contribution in [-0.2, 0) is 0 Å². The standard InChI is InChI=1S/C13H20N2O/c1-14-13(11-16)7-9-15(10-8-13)12-5-3-2-4-6-12/h2-6,14,16H,7-11H2,1H3. The molecule has 0 unspecified atom stereocenters.